The van der Waals surface area contributed by atoms with Gasteiger partial charge in [-0.25, -0.2) is 4.98 Å². The van der Waals surface area contributed by atoms with Gasteiger partial charge in [0, 0.05) is 19.3 Å². The molecular formula is C10H17N3O. The lowest BCUT2D eigenvalue weighted by atomic mass is 10.2. The van der Waals surface area contributed by atoms with Crippen LogP contribution in [-0.4, -0.2) is 34.7 Å². The topological polar surface area (TPSA) is 62.4 Å². The Morgan fingerprint density at radius 2 is 2.36 bits per heavy atom. The average molecular weight is 195 g/mol. The van der Waals surface area contributed by atoms with Crippen molar-refractivity contribution in [3.05, 3.63) is 23.9 Å². The molecule has 0 atom stereocenters. The van der Waals surface area contributed by atoms with Crippen LogP contribution >= 0.6 is 0 Å². The molecule has 0 unspecified atom stereocenters. The lowest BCUT2D eigenvalue weighted by Gasteiger charge is -2.18. The van der Waals surface area contributed by atoms with E-state index in [0.29, 0.717) is 12.4 Å². The van der Waals surface area contributed by atoms with Gasteiger partial charge in [0.05, 0.1) is 6.61 Å². The summed E-state index contributed by atoms with van der Waals surface area (Å²) in [7, 11) is 0. The fourth-order valence-corrected chi connectivity index (χ4v) is 1.34. The molecule has 0 aromatic carbocycles. The summed E-state index contributed by atoms with van der Waals surface area (Å²) in [5.74, 6) is 0.544. The van der Waals surface area contributed by atoms with E-state index in [1.54, 1.807) is 6.20 Å². The zero-order valence-corrected chi connectivity index (χ0v) is 8.48. The first-order valence-corrected chi connectivity index (χ1v) is 4.80. The van der Waals surface area contributed by atoms with Gasteiger partial charge in [-0.05, 0) is 24.2 Å². The molecule has 1 aromatic rings. The van der Waals surface area contributed by atoms with E-state index in [9.17, 15) is 0 Å². The van der Waals surface area contributed by atoms with Gasteiger partial charge in [0.15, 0.2) is 0 Å². The summed E-state index contributed by atoms with van der Waals surface area (Å²) in [5.41, 5.74) is 6.70. The molecule has 78 valence electrons. The third-order valence-corrected chi connectivity index (χ3v) is 2.12. The van der Waals surface area contributed by atoms with E-state index in [1.165, 1.54) is 0 Å². The van der Waals surface area contributed by atoms with Gasteiger partial charge in [0.2, 0.25) is 0 Å². The predicted molar refractivity (Wildman–Crippen MR) is 56.7 cm³/mol. The summed E-state index contributed by atoms with van der Waals surface area (Å²) in [6, 6.07) is 3.80. The lowest BCUT2D eigenvalue weighted by Crippen LogP contribution is -2.26. The number of hydrogen-bond acceptors (Lipinski definition) is 4. The number of nitrogens with zero attached hydrogens (tertiary/aromatic N) is 2. The molecule has 0 saturated heterocycles. The van der Waals surface area contributed by atoms with Crippen molar-refractivity contribution >= 4 is 5.82 Å². The van der Waals surface area contributed by atoms with Crippen molar-refractivity contribution in [1.82, 2.24) is 9.88 Å². The van der Waals surface area contributed by atoms with Gasteiger partial charge >= 0.3 is 0 Å². The molecule has 0 spiro atoms. The Labute approximate surface area is 84.4 Å². The second-order valence-corrected chi connectivity index (χ2v) is 3.18. The fourth-order valence-electron chi connectivity index (χ4n) is 1.34. The maximum Gasteiger partial charge on any atom is 0.123 e. The van der Waals surface area contributed by atoms with Gasteiger partial charge in [-0.2, -0.15) is 0 Å². The van der Waals surface area contributed by atoms with Crippen LogP contribution < -0.4 is 5.73 Å². The molecule has 4 nitrogen and oxygen atoms in total. The first-order valence-electron chi connectivity index (χ1n) is 4.80. The molecule has 0 bridgehead atoms. The Bertz CT molecular complexity index is 278. The number of likely N-dealkylation sites (N-methyl/N-ethyl adjacent to an activating group) is 1. The van der Waals surface area contributed by atoms with Gasteiger partial charge < -0.3 is 10.8 Å². The van der Waals surface area contributed by atoms with Crippen LogP contribution in [0.5, 0.6) is 0 Å². The number of nitrogens with two attached hydrogens (primary N) is 1. The predicted octanol–water partition coefficient (Wildman–Crippen LogP) is 0.478. The van der Waals surface area contributed by atoms with E-state index in [2.05, 4.69) is 16.8 Å². The van der Waals surface area contributed by atoms with E-state index < -0.39 is 0 Å². The number of aliphatic hydroxyl groups excluding tert-OH is 1. The zero-order chi connectivity index (χ0) is 10.4. The first-order chi connectivity index (χ1) is 6.76. The second-order valence-electron chi connectivity index (χ2n) is 3.18. The monoisotopic (exact) mass is 195 g/mol. The average Bonchev–Trinajstić information content (AvgIpc) is 2.17. The summed E-state index contributed by atoms with van der Waals surface area (Å²) < 4.78 is 0. The van der Waals surface area contributed by atoms with Gasteiger partial charge in [0.1, 0.15) is 5.82 Å². The standard InChI is InChI=1S/C10H17N3O/c1-2-13(5-6-14)8-9-3-4-12-10(11)7-9/h3-4,7,14H,2,5-6,8H2,1H3,(H2,11,12). The van der Waals surface area contributed by atoms with Crippen LogP contribution in [0.4, 0.5) is 5.82 Å². The van der Waals surface area contributed by atoms with Crippen LogP contribution in [-0.2, 0) is 6.54 Å². The van der Waals surface area contributed by atoms with Crippen LogP contribution in [0, 0.1) is 0 Å². The number of nitrogen functional groups attached to an aromatic ring is 1. The smallest absolute Gasteiger partial charge is 0.123 e. The minimum absolute atomic E-state index is 0.189. The molecule has 1 heterocycles. The molecule has 0 saturated carbocycles. The Kier molecular flexibility index (Phi) is 4.35. The summed E-state index contributed by atoms with van der Waals surface area (Å²) in [6.07, 6.45) is 1.71. The molecule has 4 heteroatoms. The number of aliphatic hydroxyl groups is 1. The number of hydrogen-bond donors (Lipinski definition) is 2. The largest absolute Gasteiger partial charge is 0.395 e. The zero-order valence-electron chi connectivity index (χ0n) is 8.48. The third-order valence-electron chi connectivity index (χ3n) is 2.12. The van der Waals surface area contributed by atoms with Crippen LogP contribution in [0.1, 0.15) is 12.5 Å². The summed E-state index contributed by atoms with van der Waals surface area (Å²) >= 11 is 0. The van der Waals surface area contributed by atoms with Gasteiger partial charge in [-0.15, -0.1) is 0 Å². The highest BCUT2D eigenvalue weighted by Crippen LogP contribution is 2.06. The quantitative estimate of drug-likeness (QED) is 0.717. The maximum absolute atomic E-state index is 8.82. The molecule has 1 rings (SSSR count). The van der Waals surface area contributed by atoms with Crippen molar-refractivity contribution in [2.24, 2.45) is 0 Å². The van der Waals surface area contributed by atoms with Crippen LogP contribution in [0.3, 0.4) is 0 Å². The summed E-state index contributed by atoms with van der Waals surface area (Å²) in [5, 5.41) is 8.82. The Hall–Kier alpha value is -1.13. The van der Waals surface area contributed by atoms with E-state index in [1.807, 2.05) is 12.1 Å². The molecule has 0 radical (unpaired) electrons. The SMILES string of the molecule is CCN(CCO)Cc1ccnc(N)c1. The van der Waals surface area contributed by atoms with Crippen molar-refractivity contribution in [1.29, 1.82) is 0 Å². The Morgan fingerprint density at radius 3 is 2.93 bits per heavy atom. The van der Waals surface area contributed by atoms with Gasteiger partial charge in [0.25, 0.3) is 0 Å². The van der Waals surface area contributed by atoms with Crippen molar-refractivity contribution < 1.29 is 5.11 Å². The minimum Gasteiger partial charge on any atom is -0.395 e. The van der Waals surface area contributed by atoms with Gasteiger partial charge in [-0.3, -0.25) is 4.90 Å². The van der Waals surface area contributed by atoms with E-state index in [-0.39, 0.29) is 6.61 Å². The minimum atomic E-state index is 0.189. The highest BCUT2D eigenvalue weighted by Gasteiger charge is 2.02. The highest BCUT2D eigenvalue weighted by molar-refractivity contribution is 5.31. The summed E-state index contributed by atoms with van der Waals surface area (Å²) in [6.45, 7) is 4.68. The number of pyridine rings is 1. The molecule has 14 heavy (non-hydrogen) atoms. The van der Waals surface area contributed by atoms with Crippen molar-refractivity contribution in [2.45, 2.75) is 13.5 Å². The molecule has 0 fully saturated rings. The molecule has 0 aliphatic rings. The number of anilines is 1. The van der Waals surface area contributed by atoms with Crippen LogP contribution in [0.15, 0.2) is 18.3 Å². The molecule has 0 aliphatic carbocycles. The molecule has 0 amide bonds. The van der Waals surface area contributed by atoms with E-state index in [4.69, 9.17) is 10.8 Å². The first kappa shape index (κ1) is 10.9. The third kappa shape index (κ3) is 3.32. The van der Waals surface area contributed by atoms with Crippen molar-refractivity contribution in [3.63, 3.8) is 0 Å². The number of rotatable bonds is 5. The molecule has 1 aromatic heterocycles. The van der Waals surface area contributed by atoms with Crippen LogP contribution in [0.2, 0.25) is 0 Å². The Morgan fingerprint density at radius 1 is 1.57 bits per heavy atom. The molecular weight excluding hydrogens is 178 g/mol. The van der Waals surface area contributed by atoms with Gasteiger partial charge in [-0.1, -0.05) is 6.92 Å². The fraction of sp³-hybridized carbons (Fsp3) is 0.500. The normalized spacial score (nSPS) is 10.8. The highest BCUT2D eigenvalue weighted by atomic mass is 16.3. The molecule has 0 aliphatic heterocycles. The maximum atomic E-state index is 8.82. The molecule has 3 N–H and O–H groups in total. The van der Waals surface area contributed by atoms with Crippen LogP contribution in [0.25, 0.3) is 0 Å². The number of aromatic nitrogens is 1. The van der Waals surface area contributed by atoms with Crippen molar-refractivity contribution in [3.8, 4) is 0 Å². The lowest BCUT2D eigenvalue weighted by molar-refractivity contribution is 0.197. The Balaban J connectivity index is 2.57. The second kappa shape index (κ2) is 5.57. The van der Waals surface area contributed by atoms with E-state index in [0.717, 1.165) is 18.7 Å². The van der Waals surface area contributed by atoms with Crippen molar-refractivity contribution in [2.75, 3.05) is 25.4 Å². The van der Waals surface area contributed by atoms with E-state index >= 15 is 0 Å². The summed E-state index contributed by atoms with van der Waals surface area (Å²) in [4.78, 5) is 6.08.